The first-order valence-electron chi connectivity index (χ1n) is 10.6. The Kier molecular flexibility index (Phi) is 6.53. The number of ether oxygens (including phenoxy) is 1. The van der Waals surface area contributed by atoms with Gasteiger partial charge < -0.3 is 4.74 Å². The van der Waals surface area contributed by atoms with Crippen LogP contribution in [0.4, 0.5) is 9.18 Å². The standard InChI is InChI=1S/C28H23ClFNO2/c1-4-24-25(26-17-21(29)10-7-19(26)3)15-16-31(27(24)20-8-5-18(2)6-9-20)28(32)33-23-13-11-22(30)12-14-23/h1,5-14,17,27H,15-16H2,2-3H3. The van der Waals surface area contributed by atoms with Gasteiger partial charge in [0.25, 0.3) is 0 Å². The van der Waals surface area contributed by atoms with E-state index in [1.54, 1.807) is 4.90 Å². The number of benzene rings is 3. The van der Waals surface area contributed by atoms with Crippen molar-refractivity contribution in [2.24, 2.45) is 0 Å². The summed E-state index contributed by atoms with van der Waals surface area (Å²) in [5.41, 5.74) is 5.74. The van der Waals surface area contributed by atoms with E-state index in [1.807, 2.05) is 56.3 Å². The van der Waals surface area contributed by atoms with Crippen molar-refractivity contribution in [2.75, 3.05) is 6.54 Å². The van der Waals surface area contributed by atoms with Gasteiger partial charge in [-0.15, -0.1) is 6.42 Å². The van der Waals surface area contributed by atoms with Crippen LogP contribution < -0.4 is 4.74 Å². The number of hydrogen-bond acceptors (Lipinski definition) is 2. The Morgan fingerprint density at radius 3 is 2.45 bits per heavy atom. The van der Waals surface area contributed by atoms with E-state index in [4.69, 9.17) is 22.8 Å². The van der Waals surface area contributed by atoms with Crippen molar-refractivity contribution in [3.63, 3.8) is 0 Å². The maximum atomic E-state index is 13.3. The minimum atomic E-state index is -0.540. The van der Waals surface area contributed by atoms with E-state index < -0.39 is 18.0 Å². The average molecular weight is 460 g/mol. The molecule has 4 rings (SSSR count). The molecule has 1 atom stereocenters. The van der Waals surface area contributed by atoms with Crippen molar-refractivity contribution in [1.29, 1.82) is 0 Å². The van der Waals surface area contributed by atoms with Crippen LogP contribution in [0.15, 0.2) is 72.3 Å². The van der Waals surface area contributed by atoms with Crippen LogP contribution in [-0.2, 0) is 0 Å². The van der Waals surface area contributed by atoms with Crippen LogP contribution >= 0.6 is 11.6 Å². The number of halogens is 2. The van der Waals surface area contributed by atoms with Gasteiger partial charge in [-0.2, -0.15) is 0 Å². The zero-order chi connectivity index (χ0) is 23.5. The second-order valence-corrected chi connectivity index (χ2v) is 8.51. The Bertz CT molecular complexity index is 1260. The summed E-state index contributed by atoms with van der Waals surface area (Å²) in [4.78, 5) is 14.9. The predicted molar refractivity (Wildman–Crippen MR) is 130 cm³/mol. The Morgan fingerprint density at radius 2 is 1.79 bits per heavy atom. The van der Waals surface area contributed by atoms with E-state index in [2.05, 4.69) is 5.92 Å². The topological polar surface area (TPSA) is 29.5 Å². The highest BCUT2D eigenvalue weighted by atomic mass is 35.5. The van der Waals surface area contributed by atoms with Crippen LogP contribution in [0.2, 0.25) is 5.02 Å². The Balaban J connectivity index is 1.80. The molecule has 1 unspecified atom stereocenters. The fourth-order valence-corrected chi connectivity index (χ4v) is 4.31. The molecule has 3 nitrogen and oxygen atoms in total. The molecule has 1 aliphatic rings. The molecule has 0 saturated heterocycles. The summed E-state index contributed by atoms with van der Waals surface area (Å²) in [5.74, 6) is 2.73. The Labute approximate surface area is 198 Å². The SMILES string of the molecule is C#CC1=C(c2cc(Cl)ccc2C)CCN(C(=O)Oc2ccc(F)cc2)C1c1ccc(C)cc1. The summed E-state index contributed by atoms with van der Waals surface area (Å²) in [6.45, 7) is 4.43. The second kappa shape index (κ2) is 9.52. The lowest BCUT2D eigenvalue weighted by molar-refractivity contribution is 0.138. The zero-order valence-electron chi connectivity index (χ0n) is 18.4. The van der Waals surface area contributed by atoms with Crippen LogP contribution in [-0.4, -0.2) is 17.5 Å². The van der Waals surface area contributed by atoms with E-state index in [-0.39, 0.29) is 5.75 Å². The van der Waals surface area contributed by atoms with Crippen molar-refractivity contribution in [1.82, 2.24) is 4.90 Å². The highest BCUT2D eigenvalue weighted by Crippen LogP contribution is 2.41. The molecule has 5 heteroatoms. The second-order valence-electron chi connectivity index (χ2n) is 8.07. The number of amides is 1. The molecule has 3 aromatic rings. The quantitative estimate of drug-likeness (QED) is 0.390. The smallest absolute Gasteiger partial charge is 0.410 e. The number of rotatable bonds is 3. The van der Waals surface area contributed by atoms with Gasteiger partial charge in [-0.3, -0.25) is 4.90 Å². The normalized spacial score (nSPS) is 15.8. The van der Waals surface area contributed by atoms with Gasteiger partial charge in [0.15, 0.2) is 0 Å². The van der Waals surface area contributed by atoms with Crippen LogP contribution in [0.3, 0.4) is 0 Å². The molecule has 3 aromatic carbocycles. The average Bonchev–Trinajstić information content (AvgIpc) is 2.81. The van der Waals surface area contributed by atoms with E-state index in [0.717, 1.165) is 27.8 Å². The van der Waals surface area contributed by atoms with Crippen LogP contribution in [0.1, 0.15) is 34.7 Å². The van der Waals surface area contributed by atoms with E-state index in [1.165, 1.54) is 24.3 Å². The van der Waals surface area contributed by atoms with Crippen molar-refractivity contribution in [3.05, 3.63) is 105 Å². The molecule has 0 aromatic heterocycles. The fraction of sp³-hybridized carbons (Fsp3) is 0.179. The Morgan fingerprint density at radius 1 is 1.09 bits per heavy atom. The van der Waals surface area contributed by atoms with Crippen molar-refractivity contribution >= 4 is 23.3 Å². The monoisotopic (exact) mass is 459 g/mol. The lowest BCUT2D eigenvalue weighted by Crippen LogP contribution is -2.41. The number of carbonyl (C=O) groups is 1. The van der Waals surface area contributed by atoms with Gasteiger partial charge in [0, 0.05) is 17.1 Å². The van der Waals surface area contributed by atoms with E-state index in [0.29, 0.717) is 23.6 Å². The lowest BCUT2D eigenvalue weighted by Gasteiger charge is -2.37. The van der Waals surface area contributed by atoms with Crippen molar-refractivity contribution < 1.29 is 13.9 Å². The maximum Gasteiger partial charge on any atom is 0.416 e. The molecule has 0 saturated carbocycles. The van der Waals surface area contributed by atoms with E-state index >= 15 is 0 Å². The third-order valence-corrected chi connectivity index (χ3v) is 6.07. The number of carbonyl (C=O) groups excluding carboxylic acids is 1. The molecule has 0 aliphatic carbocycles. The van der Waals surface area contributed by atoms with Crippen molar-refractivity contribution in [3.8, 4) is 18.1 Å². The summed E-state index contributed by atoms with van der Waals surface area (Å²) in [7, 11) is 0. The van der Waals surface area contributed by atoms with Gasteiger partial charge in [-0.25, -0.2) is 9.18 Å². The first-order valence-corrected chi connectivity index (χ1v) is 11.0. The summed E-state index contributed by atoms with van der Waals surface area (Å²) < 4.78 is 18.8. The molecular weight excluding hydrogens is 437 g/mol. The fourth-order valence-electron chi connectivity index (χ4n) is 4.14. The molecule has 0 bridgehead atoms. The number of hydrogen-bond donors (Lipinski definition) is 0. The molecule has 0 N–H and O–H groups in total. The summed E-state index contributed by atoms with van der Waals surface area (Å²) in [5, 5.41) is 0.629. The molecule has 0 spiro atoms. The van der Waals surface area contributed by atoms with E-state index in [9.17, 15) is 9.18 Å². The minimum absolute atomic E-state index is 0.270. The largest absolute Gasteiger partial charge is 0.416 e. The molecular formula is C28H23ClFNO2. The number of aryl methyl sites for hydroxylation is 2. The zero-order valence-corrected chi connectivity index (χ0v) is 19.2. The summed E-state index contributed by atoms with van der Waals surface area (Å²) >= 11 is 6.29. The molecule has 1 aliphatic heterocycles. The van der Waals surface area contributed by atoms with Gasteiger partial charge in [0.2, 0.25) is 0 Å². The number of terminal acetylenes is 1. The molecule has 1 amide bonds. The Hall–Kier alpha value is -3.55. The van der Waals surface area contributed by atoms with Crippen molar-refractivity contribution in [2.45, 2.75) is 26.3 Å². The number of nitrogens with zero attached hydrogens (tertiary/aromatic N) is 1. The van der Waals surface area contributed by atoms with Gasteiger partial charge in [-0.1, -0.05) is 53.4 Å². The summed E-state index contributed by atoms with van der Waals surface area (Å²) in [6, 6.07) is 18.5. The highest BCUT2D eigenvalue weighted by Gasteiger charge is 2.35. The lowest BCUT2D eigenvalue weighted by atomic mass is 9.84. The molecule has 166 valence electrons. The highest BCUT2D eigenvalue weighted by molar-refractivity contribution is 6.30. The van der Waals surface area contributed by atoms with Crippen LogP contribution in [0, 0.1) is 32.0 Å². The molecule has 0 fully saturated rings. The van der Waals surface area contributed by atoms with Gasteiger partial charge in [0.1, 0.15) is 11.6 Å². The third-order valence-electron chi connectivity index (χ3n) is 5.84. The molecule has 33 heavy (non-hydrogen) atoms. The first-order chi connectivity index (χ1) is 15.9. The minimum Gasteiger partial charge on any atom is -0.410 e. The third kappa shape index (κ3) is 4.79. The maximum absolute atomic E-state index is 13.3. The first kappa shape index (κ1) is 22.6. The van der Waals surface area contributed by atoms with Crippen LogP contribution in [0.25, 0.3) is 5.57 Å². The molecule has 1 heterocycles. The van der Waals surface area contributed by atoms with Gasteiger partial charge in [-0.05, 0) is 78.9 Å². The molecule has 0 radical (unpaired) electrons. The van der Waals surface area contributed by atoms with Gasteiger partial charge >= 0.3 is 6.09 Å². The summed E-state index contributed by atoms with van der Waals surface area (Å²) in [6.07, 6.45) is 6.06. The van der Waals surface area contributed by atoms with Gasteiger partial charge in [0.05, 0.1) is 6.04 Å². The predicted octanol–water partition coefficient (Wildman–Crippen LogP) is 7.13. The van der Waals surface area contributed by atoms with Crippen LogP contribution in [0.5, 0.6) is 5.75 Å².